The first-order chi connectivity index (χ1) is 12.1. The van der Waals surface area contributed by atoms with E-state index in [0.717, 1.165) is 25.1 Å². The van der Waals surface area contributed by atoms with Gasteiger partial charge in [0.1, 0.15) is 11.9 Å². The Hall–Kier alpha value is -1.46. The fourth-order valence-corrected chi connectivity index (χ4v) is 5.22. The average Bonchev–Trinajstić information content (AvgIpc) is 2.60. The number of carbonyl (C=O) groups is 1. The van der Waals surface area contributed by atoms with Gasteiger partial charge in [-0.15, -0.1) is 0 Å². The molecule has 1 aromatic rings. The predicted octanol–water partition coefficient (Wildman–Crippen LogP) is 3.09. The van der Waals surface area contributed by atoms with Crippen LogP contribution in [0.2, 0.25) is 0 Å². The van der Waals surface area contributed by atoms with E-state index in [0.29, 0.717) is 17.0 Å². The zero-order chi connectivity index (χ0) is 17.8. The van der Waals surface area contributed by atoms with Crippen molar-refractivity contribution in [2.24, 2.45) is 4.99 Å². The average molecular weight is 381 g/mol. The summed E-state index contributed by atoms with van der Waals surface area (Å²) in [7, 11) is 2.71. The van der Waals surface area contributed by atoms with E-state index >= 15 is 0 Å². The molecule has 2 heterocycles. The lowest BCUT2D eigenvalue weighted by Gasteiger charge is -2.34. The molecular weight excluding hydrogens is 359 g/mol. The number of amides is 2. The summed E-state index contributed by atoms with van der Waals surface area (Å²) in [4.78, 5) is 15.4. The first-order valence-electron chi connectivity index (χ1n) is 8.22. The zero-order valence-electron chi connectivity index (χ0n) is 14.3. The van der Waals surface area contributed by atoms with Crippen molar-refractivity contribution >= 4 is 31.6 Å². The predicted molar refractivity (Wildman–Crippen MR) is 103 cm³/mol. The van der Waals surface area contributed by atoms with E-state index in [9.17, 15) is 4.79 Å². The first kappa shape index (κ1) is 18.3. The van der Waals surface area contributed by atoms with Crippen molar-refractivity contribution in [2.45, 2.75) is 18.9 Å². The number of carbonyl (C=O) groups excluding carboxylic acids is 1. The Kier molecular flexibility index (Phi) is 6.07. The number of benzene rings is 1. The van der Waals surface area contributed by atoms with Crippen LogP contribution in [0, 0.1) is 0 Å². The van der Waals surface area contributed by atoms with Gasteiger partial charge < -0.3 is 10.1 Å². The second-order valence-corrected chi connectivity index (χ2v) is 8.78. The number of hydrogen-bond donors (Lipinski definition) is 2. The van der Waals surface area contributed by atoms with Crippen molar-refractivity contribution in [1.29, 1.82) is 0 Å². The maximum Gasteiger partial charge on any atom is 0.340 e. The van der Waals surface area contributed by atoms with Crippen LogP contribution in [0.25, 0.3) is 0 Å². The highest BCUT2D eigenvalue weighted by molar-refractivity contribution is 7.60. The molecule has 0 radical (unpaired) electrons. The van der Waals surface area contributed by atoms with Gasteiger partial charge in [0, 0.05) is 20.1 Å². The van der Waals surface area contributed by atoms with Crippen LogP contribution in [0.1, 0.15) is 12.0 Å². The van der Waals surface area contributed by atoms with E-state index < -0.39 is 8.22 Å². The Balaban J connectivity index is 1.59. The minimum atomic E-state index is -0.825. The molecule has 0 bridgehead atoms. The molecular formula is C17H22ClN4O2P. The lowest BCUT2D eigenvalue weighted by atomic mass is 10.0. The number of ether oxygens (including phenoxy) is 1. The highest BCUT2D eigenvalue weighted by atomic mass is 35.5. The van der Waals surface area contributed by atoms with E-state index in [2.05, 4.69) is 26.1 Å². The summed E-state index contributed by atoms with van der Waals surface area (Å²) in [6.45, 7) is 1.31. The third kappa shape index (κ3) is 4.59. The summed E-state index contributed by atoms with van der Waals surface area (Å²) in [6.07, 6.45) is 3.94. The standard InChI is InChI=1S/C17H22ClN4O2P/c1-19-17(23)21-13-9-16(18)25(22(2)11-13)20-10-14-8-7-12-5-3-4-6-15(12)24-14/h3-6,9,14,20H,7-8,10-11H2,1-2H3,(H,19,23). The third-order valence-electron chi connectivity index (χ3n) is 4.15. The Morgan fingerprint density at radius 3 is 3.04 bits per heavy atom. The Labute approximate surface area is 154 Å². The van der Waals surface area contributed by atoms with E-state index in [1.165, 1.54) is 5.56 Å². The van der Waals surface area contributed by atoms with Gasteiger partial charge in [0.25, 0.3) is 0 Å². The first-order valence-corrected chi connectivity index (χ1v) is 9.90. The Morgan fingerprint density at radius 1 is 1.48 bits per heavy atom. The van der Waals surface area contributed by atoms with Crippen molar-refractivity contribution in [3.63, 3.8) is 0 Å². The molecule has 2 N–H and O–H groups in total. The third-order valence-corrected chi connectivity index (χ3v) is 6.58. The molecule has 3 rings (SSSR count). The van der Waals surface area contributed by atoms with Crippen LogP contribution in [-0.2, 0) is 6.42 Å². The number of nitrogens with zero attached hydrogens (tertiary/aromatic N) is 2. The van der Waals surface area contributed by atoms with Gasteiger partial charge in [-0.1, -0.05) is 29.8 Å². The van der Waals surface area contributed by atoms with Gasteiger partial charge in [-0.05, 0) is 37.6 Å². The molecule has 8 heteroatoms. The van der Waals surface area contributed by atoms with Gasteiger partial charge in [-0.3, -0.25) is 9.76 Å². The number of rotatable bonds is 3. The number of halogens is 1. The lowest BCUT2D eigenvalue weighted by Crippen LogP contribution is -2.36. The molecule has 6 nitrogen and oxygen atoms in total. The van der Waals surface area contributed by atoms with Gasteiger partial charge in [-0.2, -0.15) is 4.99 Å². The SMILES string of the molecule is CNC(=O)N=C1C=C(Cl)P(NCC2CCc3ccccc3O2)N(C)C1. The molecule has 0 aromatic heterocycles. The molecule has 1 aromatic carbocycles. The summed E-state index contributed by atoms with van der Waals surface area (Å²) in [6, 6.07) is 7.82. The Morgan fingerprint density at radius 2 is 2.28 bits per heavy atom. The number of aliphatic imine (C=N–C) groups is 1. The molecule has 25 heavy (non-hydrogen) atoms. The minimum Gasteiger partial charge on any atom is -0.489 e. The van der Waals surface area contributed by atoms with Gasteiger partial charge in [-0.25, -0.2) is 4.79 Å². The van der Waals surface area contributed by atoms with E-state index in [-0.39, 0.29) is 12.1 Å². The van der Waals surface area contributed by atoms with Crippen LogP contribution in [0.15, 0.2) is 40.1 Å². The summed E-state index contributed by atoms with van der Waals surface area (Å²) in [5.74, 6) is 0.979. The fraction of sp³-hybridized carbons (Fsp3) is 0.412. The molecule has 2 aliphatic rings. The molecule has 0 saturated heterocycles. The molecule has 0 saturated carbocycles. The second kappa shape index (κ2) is 8.28. The van der Waals surface area contributed by atoms with Crippen LogP contribution in [0.5, 0.6) is 5.75 Å². The maximum absolute atomic E-state index is 11.4. The number of urea groups is 1. The molecule has 0 aliphatic carbocycles. The number of hydrogen-bond acceptors (Lipinski definition) is 4. The quantitative estimate of drug-likeness (QED) is 0.791. The largest absolute Gasteiger partial charge is 0.489 e. The number of para-hydroxylation sites is 1. The maximum atomic E-state index is 11.4. The van der Waals surface area contributed by atoms with Gasteiger partial charge in [0.15, 0.2) is 0 Å². The van der Waals surface area contributed by atoms with Gasteiger partial charge in [0.05, 0.1) is 18.7 Å². The van der Waals surface area contributed by atoms with Crippen molar-refractivity contribution in [1.82, 2.24) is 15.1 Å². The summed E-state index contributed by atoms with van der Waals surface area (Å²) < 4.78 is 8.85. The second-order valence-electron chi connectivity index (χ2n) is 6.00. The Bertz CT molecular complexity index is 710. The van der Waals surface area contributed by atoms with Crippen LogP contribution >= 0.6 is 19.8 Å². The van der Waals surface area contributed by atoms with E-state index in [4.69, 9.17) is 16.3 Å². The highest BCUT2D eigenvalue weighted by Crippen LogP contribution is 2.48. The lowest BCUT2D eigenvalue weighted by molar-refractivity contribution is 0.177. The monoisotopic (exact) mass is 380 g/mol. The van der Waals surface area contributed by atoms with Crippen LogP contribution < -0.4 is 15.1 Å². The minimum absolute atomic E-state index is 0.135. The molecule has 0 fully saturated rings. The van der Waals surface area contributed by atoms with Crippen molar-refractivity contribution in [2.75, 3.05) is 27.2 Å². The number of aryl methyl sites for hydroxylation is 1. The van der Waals surface area contributed by atoms with Crippen molar-refractivity contribution in [3.05, 3.63) is 40.7 Å². The number of nitrogens with one attached hydrogen (secondary N) is 2. The van der Waals surface area contributed by atoms with Gasteiger partial charge in [0.2, 0.25) is 0 Å². The zero-order valence-corrected chi connectivity index (χ0v) is 16.0. The molecule has 2 amide bonds. The van der Waals surface area contributed by atoms with Crippen molar-refractivity contribution < 1.29 is 9.53 Å². The molecule has 2 unspecified atom stereocenters. The van der Waals surface area contributed by atoms with Crippen LogP contribution in [0.4, 0.5) is 4.79 Å². The summed E-state index contributed by atoms with van der Waals surface area (Å²) in [5.41, 5.74) is 1.93. The smallest absolute Gasteiger partial charge is 0.340 e. The molecule has 2 aliphatic heterocycles. The van der Waals surface area contributed by atoms with Crippen LogP contribution in [0.3, 0.4) is 0 Å². The highest BCUT2D eigenvalue weighted by Gasteiger charge is 2.27. The van der Waals surface area contributed by atoms with Gasteiger partial charge >= 0.3 is 6.03 Å². The summed E-state index contributed by atoms with van der Waals surface area (Å²) >= 11 is 6.43. The molecule has 0 spiro atoms. The van der Waals surface area contributed by atoms with Crippen molar-refractivity contribution in [3.8, 4) is 5.75 Å². The summed E-state index contributed by atoms with van der Waals surface area (Å²) in [5, 5.41) is 6.00. The van der Waals surface area contributed by atoms with E-state index in [1.54, 1.807) is 13.1 Å². The fourth-order valence-electron chi connectivity index (χ4n) is 2.88. The topological polar surface area (TPSA) is 66.0 Å². The molecule has 134 valence electrons. The van der Waals surface area contributed by atoms with Crippen LogP contribution in [-0.4, -0.2) is 49.7 Å². The van der Waals surface area contributed by atoms with E-state index in [1.807, 2.05) is 25.2 Å². The molecule has 2 atom stereocenters. The number of fused-ring (bicyclic) bond motifs is 1. The normalized spacial score (nSPS) is 25.1.